The Balaban J connectivity index is 1.54. The summed E-state index contributed by atoms with van der Waals surface area (Å²) in [5, 5.41) is 9.42. The van der Waals surface area contributed by atoms with Crippen molar-refractivity contribution in [1.29, 1.82) is 5.26 Å². The first kappa shape index (κ1) is 42.2. The van der Waals surface area contributed by atoms with E-state index in [2.05, 4.69) is 15.7 Å². The van der Waals surface area contributed by atoms with Gasteiger partial charge in [0.15, 0.2) is 6.23 Å². The van der Waals surface area contributed by atoms with Gasteiger partial charge in [-0.2, -0.15) is 5.26 Å². The Morgan fingerprint density at radius 2 is 1.54 bits per heavy atom. The Kier molecular flexibility index (Phi) is 13.7. The number of H-pyrrole nitrogens is 1. The monoisotopic (exact) mass is 802 g/mol. The van der Waals surface area contributed by atoms with E-state index in [-0.39, 0.29) is 45.1 Å². The molecular weight excluding hydrogens is 751 g/mol. The molecule has 6 rings (SSSR count). The number of rotatable bonds is 17. The number of aryl methyl sites for hydroxylation is 1. The summed E-state index contributed by atoms with van der Waals surface area (Å²) >= 11 is 0. The number of nitrogens with one attached hydrogen (secondary N) is 1. The quantitative estimate of drug-likeness (QED) is 0.0737. The van der Waals surface area contributed by atoms with E-state index in [1.54, 1.807) is 21.1 Å². The summed E-state index contributed by atoms with van der Waals surface area (Å²) < 4.78 is 54.9. The molecule has 14 nitrogen and oxygen atoms in total. The van der Waals surface area contributed by atoms with E-state index >= 15 is 0 Å². The number of nitriles is 1. The Morgan fingerprint density at radius 3 is 2.11 bits per heavy atom. The van der Waals surface area contributed by atoms with E-state index < -0.39 is 49.4 Å². The molecule has 2 aliphatic rings. The van der Waals surface area contributed by atoms with Gasteiger partial charge in [0, 0.05) is 23.8 Å². The second-order valence-electron chi connectivity index (χ2n) is 14.5. The zero-order valence-electron chi connectivity index (χ0n) is 33.4. The van der Waals surface area contributed by atoms with Crippen LogP contribution in [-0.2, 0) is 33.6 Å². The zero-order chi connectivity index (χ0) is 40.7. The van der Waals surface area contributed by atoms with Crippen LogP contribution < -0.4 is 20.7 Å². The lowest BCUT2D eigenvalue weighted by Gasteiger charge is -2.42. The minimum atomic E-state index is -1.84. The average molecular weight is 803 g/mol. The maximum Gasteiger partial charge on any atom is 0.330 e. The summed E-state index contributed by atoms with van der Waals surface area (Å²) in [7, 11) is 1.39. The Morgan fingerprint density at radius 1 is 0.947 bits per heavy atom. The van der Waals surface area contributed by atoms with Gasteiger partial charge in [-0.15, -0.1) is 0 Å². The first-order chi connectivity index (χ1) is 27.5. The molecule has 15 heteroatoms. The van der Waals surface area contributed by atoms with Gasteiger partial charge in [-0.25, -0.2) is 9.46 Å². The molecule has 1 aromatic heterocycles. The fourth-order valence-corrected chi connectivity index (χ4v) is 9.26. The van der Waals surface area contributed by atoms with Crippen molar-refractivity contribution in [1.82, 2.24) is 14.2 Å². The second-order valence-corrected chi connectivity index (χ2v) is 15.9. The lowest BCUT2D eigenvalue weighted by Crippen LogP contribution is -2.53. The van der Waals surface area contributed by atoms with Crippen LogP contribution in [0.2, 0.25) is 0 Å². The van der Waals surface area contributed by atoms with Crippen molar-refractivity contribution >= 4 is 8.53 Å². The highest BCUT2D eigenvalue weighted by atomic mass is 31.2. The van der Waals surface area contributed by atoms with Crippen LogP contribution in [-0.4, -0.2) is 84.9 Å². The van der Waals surface area contributed by atoms with Crippen LogP contribution in [0.15, 0.2) is 94.6 Å². The van der Waals surface area contributed by atoms with Crippen molar-refractivity contribution < 1.29 is 37.5 Å². The molecular formula is C42H51N4O10P. The van der Waals surface area contributed by atoms with Gasteiger partial charge in [-0.05, 0) is 75.6 Å². The first-order valence-corrected chi connectivity index (χ1v) is 20.0. The number of benzene rings is 3. The van der Waals surface area contributed by atoms with Crippen molar-refractivity contribution in [3.8, 4) is 17.6 Å². The largest absolute Gasteiger partial charge is 0.497 e. The standard InChI is InChI=1S/C42H51N4O10P/c1-28(2)46(29(3)4)57(54-23-11-22-43)56-37-36-39(45-24-30(5)38(47)44-40(45)48)55-41(37,25-51-27-52-36)26-53-42(31-12-9-8-10-13-31,32-14-18-34(49-6)19-15-32)33-16-20-35(50-7)21-17-33/h8-10,12-21,24,28-29,36-37,39H,11,23,25-27H2,1-7H3,(H,44,47,48)/t36-,37+,39-,41-,57?/m1/s1. The molecule has 0 spiro atoms. The number of methoxy groups -OCH3 is 2. The summed E-state index contributed by atoms with van der Waals surface area (Å²) in [5.74, 6) is 1.35. The summed E-state index contributed by atoms with van der Waals surface area (Å²) in [6.45, 7) is 9.62. The number of nitrogens with zero attached hydrogens (tertiary/aromatic N) is 3. The minimum Gasteiger partial charge on any atom is -0.497 e. The molecule has 2 fully saturated rings. The lowest BCUT2D eigenvalue weighted by atomic mass is 9.79. The third kappa shape index (κ3) is 8.72. The van der Waals surface area contributed by atoms with Crippen LogP contribution in [0.5, 0.6) is 11.5 Å². The number of aromatic amines is 1. The molecule has 1 unspecified atom stereocenters. The van der Waals surface area contributed by atoms with Crippen LogP contribution in [0.4, 0.5) is 0 Å². The number of hydrogen-bond donors (Lipinski definition) is 1. The molecule has 57 heavy (non-hydrogen) atoms. The predicted octanol–water partition coefficient (Wildman–Crippen LogP) is 6.17. The second kappa shape index (κ2) is 18.4. The summed E-state index contributed by atoms with van der Waals surface area (Å²) in [4.78, 5) is 28.4. The van der Waals surface area contributed by atoms with Gasteiger partial charge in [-0.3, -0.25) is 14.3 Å². The highest BCUT2D eigenvalue weighted by Gasteiger charge is 2.62. The highest BCUT2D eigenvalue weighted by molar-refractivity contribution is 7.44. The topological polar surface area (TPSA) is 156 Å². The molecule has 2 aliphatic heterocycles. The summed E-state index contributed by atoms with van der Waals surface area (Å²) in [5.41, 5.74) is -1.11. The van der Waals surface area contributed by atoms with Crippen molar-refractivity contribution in [2.75, 3.05) is 40.8 Å². The van der Waals surface area contributed by atoms with Crippen LogP contribution >= 0.6 is 8.53 Å². The average Bonchev–Trinajstić information content (AvgIpc) is 3.38. The lowest BCUT2D eigenvalue weighted by molar-refractivity contribution is -0.211. The molecule has 0 saturated carbocycles. The van der Waals surface area contributed by atoms with E-state index in [0.717, 1.165) is 16.7 Å². The number of fused-ring (bicyclic) bond motifs is 2. The number of hydrogen-bond acceptors (Lipinski definition) is 12. The molecule has 4 aromatic rings. The van der Waals surface area contributed by atoms with Gasteiger partial charge >= 0.3 is 5.69 Å². The van der Waals surface area contributed by atoms with Crippen LogP contribution in [0.3, 0.4) is 0 Å². The van der Waals surface area contributed by atoms with E-state index in [1.807, 2.05) is 107 Å². The SMILES string of the molecule is COc1ccc(C(OC[C@@]23COCO[C@@H]([C@H](n4cc(C)c(=O)[nH]c4=O)O2)[C@@H]3OP(OCCC#N)N(C(C)C)C(C)C)(c2ccccc2)c2ccc(OC)cc2)cc1. The molecule has 0 aliphatic carbocycles. The van der Waals surface area contributed by atoms with E-state index in [0.29, 0.717) is 17.1 Å². The van der Waals surface area contributed by atoms with E-state index in [1.165, 1.54) is 10.8 Å². The first-order valence-electron chi connectivity index (χ1n) is 18.9. The van der Waals surface area contributed by atoms with Gasteiger partial charge in [0.1, 0.15) is 41.7 Å². The van der Waals surface area contributed by atoms with Crippen molar-refractivity contribution in [2.24, 2.45) is 0 Å². The van der Waals surface area contributed by atoms with Gasteiger partial charge in [0.05, 0.1) is 46.5 Å². The van der Waals surface area contributed by atoms with Crippen molar-refractivity contribution in [3.05, 3.63) is 128 Å². The molecule has 1 N–H and O–H groups in total. The highest BCUT2D eigenvalue weighted by Crippen LogP contribution is 2.54. The summed E-state index contributed by atoms with van der Waals surface area (Å²) in [6.07, 6.45) is -1.33. The van der Waals surface area contributed by atoms with Crippen molar-refractivity contribution in [2.45, 2.75) is 82.8 Å². The van der Waals surface area contributed by atoms with Gasteiger partial charge in [0.25, 0.3) is 14.1 Å². The molecule has 2 saturated heterocycles. The molecule has 0 radical (unpaired) electrons. The molecule has 5 atom stereocenters. The third-order valence-electron chi connectivity index (χ3n) is 10.1. The van der Waals surface area contributed by atoms with E-state index in [4.69, 9.17) is 37.5 Å². The fraction of sp³-hybridized carbons (Fsp3) is 0.452. The fourth-order valence-electron chi connectivity index (χ4n) is 7.45. The zero-order valence-corrected chi connectivity index (χ0v) is 34.3. The molecule has 304 valence electrons. The Labute approximate surface area is 334 Å². The van der Waals surface area contributed by atoms with Crippen molar-refractivity contribution in [3.63, 3.8) is 0 Å². The molecule has 3 aromatic carbocycles. The van der Waals surface area contributed by atoms with Gasteiger partial charge in [0.2, 0.25) is 0 Å². The number of ether oxygens (including phenoxy) is 6. The maximum atomic E-state index is 13.5. The molecule has 3 heterocycles. The normalized spacial score (nSPS) is 21.4. The smallest absolute Gasteiger partial charge is 0.330 e. The minimum absolute atomic E-state index is 0.0111. The molecule has 2 bridgehead atoms. The Hall–Kier alpha value is -4.42. The maximum absolute atomic E-state index is 13.5. The van der Waals surface area contributed by atoms with Crippen LogP contribution in [0, 0.1) is 18.3 Å². The van der Waals surface area contributed by atoms with Gasteiger partial charge < -0.3 is 37.5 Å². The number of aromatic nitrogens is 2. The molecule has 0 amide bonds. The van der Waals surface area contributed by atoms with E-state index in [9.17, 15) is 14.9 Å². The van der Waals surface area contributed by atoms with Gasteiger partial charge in [-0.1, -0.05) is 54.6 Å². The summed E-state index contributed by atoms with van der Waals surface area (Å²) in [6, 6.07) is 27.4. The van der Waals surface area contributed by atoms with Crippen LogP contribution in [0.25, 0.3) is 0 Å². The van der Waals surface area contributed by atoms with Crippen LogP contribution in [0.1, 0.15) is 62.6 Å². The predicted molar refractivity (Wildman–Crippen MR) is 213 cm³/mol. The third-order valence-corrected chi connectivity index (χ3v) is 12.2. The Bertz CT molecular complexity index is 2030.